The van der Waals surface area contributed by atoms with Crippen LogP contribution in [0.25, 0.3) is 6.08 Å². The van der Waals surface area contributed by atoms with Crippen molar-refractivity contribution in [2.75, 3.05) is 6.61 Å². The molecular formula is C25H26O14. The molecule has 2 aromatic rings. The van der Waals surface area contributed by atoms with Gasteiger partial charge in [-0.25, -0.2) is 0 Å². The quantitative estimate of drug-likeness (QED) is 0.162. The molecule has 0 spiro atoms. The molecule has 8 N–H and O–H groups in total. The molecule has 39 heavy (non-hydrogen) atoms. The number of fused-ring (bicyclic) bond motifs is 1. The largest absolute Gasteiger partial charge is 0.508 e. The number of benzene rings is 2. The molecule has 2 aliphatic heterocycles. The molecule has 0 saturated carbocycles. The van der Waals surface area contributed by atoms with E-state index in [0.29, 0.717) is 0 Å². The first-order valence-corrected chi connectivity index (χ1v) is 11.6. The summed E-state index contributed by atoms with van der Waals surface area (Å²) < 4.78 is 22.2. The van der Waals surface area contributed by atoms with Crippen LogP contribution in [-0.4, -0.2) is 90.1 Å². The number of rotatable bonds is 8. The summed E-state index contributed by atoms with van der Waals surface area (Å²) in [4.78, 5) is 22.4. The van der Waals surface area contributed by atoms with Crippen LogP contribution in [0.4, 0.5) is 0 Å². The number of phenolic OH excluding ortho intramolecular Hbond substituents is 4. The van der Waals surface area contributed by atoms with Gasteiger partial charge in [0.2, 0.25) is 6.29 Å². The SMILES string of the molecule is O=C(O)CCC(=O)OCC1OC(OC2=Cc3c(O)cc(O)cc3OC2c2ccc(O)c(O)c2)C(O)C(O)C1O. The molecule has 14 nitrogen and oxygen atoms in total. The smallest absolute Gasteiger partial charge is 0.306 e. The molecule has 0 aliphatic carbocycles. The monoisotopic (exact) mass is 550 g/mol. The van der Waals surface area contributed by atoms with Crippen LogP contribution in [0.2, 0.25) is 0 Å². The van der Waals surface area contributed by atoms with Crippen molar-refractivity contribution in [3.05, 3.63) is 47.2 Å². The number of phenols is 4. The topological polar surface area (TPSA) is 233 Å². The molecule has 14 heteroatoms. The highest BCUT2D eigenvalue weighted by molar-refractivity contribution is 5.76. The number of aliphatic carboxylic acids is 1. The van der Waals surface area contributed by atoms with Crippen LogP contribution in [0.15, 0.2) is 36.1 Å². The van der Waals surface area contributed by atoms with Crippen LogP contribution in [0, 0.1) is 0 Å². The first-order valence-electron chi connectivity index (χ1n) is 11.6. The first kappa shape index (κ1) is 27.8. The van der Waals surface area contributed by atoms with E-state index in [1.54, 1.807) is 0 Å². The fourth-order valence-corrected chi connectivity index (χ4v) is 4.02. The van der Waals surface area contributed by atoms with Gasteiger partial charge in [0.15, 0.2) is 17.6 Å². The van der Waals surface area contributed by atoms with Gasteiger partial charge in [0.1, 0.15) is 54.0 Å². The zero-order valence-electron chi connectivity index (χ0n) is 20.1. The highest BCUT2D eigenvalue weighted by atomic mass is 16.7. The minimum atomic E-state index is -1.82. The van der Waals surface area contributed by atoms with E-state index in [9.17, 15) is 45.3 Å². The highest BCUT2D eigenvalue weighted by Crippen LogP contribution is 2.45. The number of aliphatic hydroxyl groups excluding tert-OH is 3. The van der Waals surface area contributed by atoms with Gasteiger partial charge in [-0.3, -0.25) is 9.59 Å². The number of hydrogen-bond donors (Lipinski definition) is 8. The molecule has 6 atom stereocenters. The third-order valence-electron chi connectivity index (χ3n) is 6.07. The number of carboxylic acids is 1. The van der Waals surface area contributed by atoms with Crippen molar-refractivity contribution in [2.24, 2.45) is 0 Å². The highest BCUT2D eigenvalue weighted by Gasteiger charge is 2.46. The van der Waals surface area contributed by atoms with Crippen molar-refractivity contribution < 1.29 is 69.4 Å². The minimum absolute atomic E-state index is 0.0316. The lowest BCUT2D eigenvalue weighted by atomic mass is 9.98. The van der Waals surface area contributed by atoms with Gasteiger partial charge in [-0.15, -0.1) is 0 Å². The normalized spacial score (nSPS) is 26.1. The lowest BCUT2D eigenvalue weighted by Gasteiger charge is -2.41. The molecule has 4 rings (SSSR count). The van der Waals surface area contributed by atoms with E-state index in [4.69, 9.17) is 24.1 Å². The number of carboxylic acid groups (broad SMARTS) is 1. The Kier molecular flexibility index (Phi) is 8.01. The van der Waals surface area contributed by atoms with Gasteiger partial charge >= 0.3 is 11.9 Å². The Morgan fingerprint density at radius 2 is 1.62 bits per heavy atom. The van der Waals surface area contributed by atoms with Gasteiger partial charge in [0.25, 0.3) is 0 Å². The van der Waals surface area contributed by atoms with Gasteiger partial charge in [0, 0.05) is 17.7 Å². The van der Waals surface area contributed by atoms with E-state index in [1.807, 2.05) is 0 Å². The Morgan fingerprint density at radius 3 is 2.31 bits per heavy atom. The number of esters is 1. The second-order valence-electron chi connectivity index (χ2n) is 8.88. The fourth-order valence-electron chi connectivity index (χ4n) is 4.02. The van der Waals surface area contributed by atoms with Crippen LogP contribution in [0.5, 0.6) is 28.7 Å². The van der Waals surface area contributed by atoms with E-state index in [0.717, 1.165) is 6.07 Å². The molecule has 2 aliphatic rings. The number of hydrogen-bond acceptors (Lipinski definition) is 13. The number of aromatic hydroxyl groups is 4. The number of ether oxygens (including phenoxy) is 4. The average molecular weight is 550 g/mol. The summed E-state index contributed by atoms with van der Waals surface area (Å²) in [7, 11) is 0. The first-order chi connectivity index (χ1) is 18.4. The molecule has 0 amide bonds. The summed E-state index contributed by atoms with van der Waals surface area (Å²) in [5.74, 6) is -3.78. The van der Waals surface area contributed by atoms with Crippen LogP contribution in [0.3, 0.4) is 0 Å². The molecule has 6 unspecified atom stereocenters. The lowest BCUT2D eigenvalue weighted by Crippen LogP contribution is -2.59. The van der Waals surface area contributed by atoms with Crippen molar-refractivity contribution in [3.8, 4) is 28.7 Å². The van der Waals surface area contributed by atoms with Gasteiger partial charge in [-0.1, -0.05) is 6.07 Å². The van der Waals surface area contributed by atoms with Crippen molar-refractivity contribution in [1.29, 1.82) is 0 Å². The third-order valence-corrected chi connectivity index (χ3v) is 6.07. The van der Waals surface area contributed by atoms with Crippen molar-refractivity contribution in [3.63, 3.8) is 0 Å². The summed E-state index contributed by atoms with van der Waals surface area (Å²) >= 11 is 0. The second kappa shape index (κ2) is 11.2. The number of carbonyl (C=O) groups excluding carboxylic acids is 1. The molecule has 210 valence electrons. The molecule has 0 aromatic heterocycles. The Morgan fingerprint density at radius 1 is 0.872 bits per heavy atom. The van der Waals surface area contributed by atoms with Crippen LogP contribution in [-0.2, 0) is 23.8 Å². The van der Waals surface area contributed by atoms with E-state index in [2.05, 4.69) is 0 Å². The average Bonchev–Trinajstić information content (AvgIpc) is 2.88. The maximum Gasteiger partial charge on any atom is 0.306 e. The maximum absolute atomic E-state index is 11.8. The number of aliphatic hydroxyl groups is 3. The summed E-state index contributed by atoms with van der Waals surface area (Å²) in [5, 5.41) is 79.8. The molecule has 0 bridgehead atoms. The summed E-state index contributed by atoms with van der Waals surface area (Å²) in [6.07, 6.45) is -9.19. The minimum Gasteiger partial charge on any atom is -0.508 e. The van der Waals surface area contributed by atoms with Gasteiger partial charge in [0.05, 0.1) is 18.4 Å². The van der Waals surface area contributed by atoms with Crippen LogP contribution >= 0.6 is 0 Å². The van der Waals surface area contributed by atoms with Crippen molar-refractivity contribution >= 4 is 18.0 Å². The van der Waals surface area contributed by atoms with Crippen LogP contribution < -0.4 is 4.74 Å². The Bertz CT molecular complexity index is 1270. The van der Waals surface area contributed by atoms with E-state index in [1.165, 1.54) is 30.3 Å². The molecule has 2 heterocycles. The van der Waals surface area contributed by atoms with Gasteiger partial charge < -0.3 is 59.8 Å². The fraction of sp³-hybridized carbons (Fsp3) is 0.360. The lowest BCUT2D eigenvalue weighted by molar-refractivity contribution is -0.294. The molecule has 1 saturated heterocycles. The van der Waals surface area contributed by atoms with Crippen molar-refractivity contribution in [2.45, 2.75) is 49.7 Å². The maximum atomic E-state index is 11.8. The Hall–Kier alpha value is -4.24. The zero-order chi connectivity index (χ0) is 28.4. The van der Waals surface area contributed by atoms with E-state index < -0.39 is 79.7 Å². The predicted molar refractivity (Wildman–Crippen MR) is 126 cm³/mol. The van der Waals surface area contributed by atoms with Gasteiger partial charge in [-0.2, -0.15) is 0 Å². The summed E-state index contributed by atoms with van der Waals surface area (Å²) in [6.45, 7) is -0.600. The molecule has 1 fully saturated rings. The standard InChI is InChI=1S/C25H26O14/c26-11-6-14(28)12-8-17(24(37-16(12)7-11)10-1-2-13(27)15(29)5-10)38-25-23(35)22(34)21(33)18(39-25)9-36-20(32)4-3-19(30)31/h1-2,5-8,18,21-29,33-35H,3-4,9H2,(H,30,31). The van der Waals surface area contributed by atoms with Crippen LogP contribution in [0.1, 0.15) is 30.1 Å². The molecular weight excluding hydrogens is 524 g/mol. The van der Waals surface area contributed by atoms with Gasteiger partial charge in [-0.05, 0) is 18.2 Å². The van der Waals surface area contributed by atoms with E-state index >= 15 is 0 Å². The number of carbonyl (C=O) groups is 2. The Balaban J connectivity index is 1.60. The van der Waals surface area contributed by atoms with Crippen molar-refractivity contribution in [1.82, 2.24) is 0 Å². The predicted octanol–water partition coefficient (Wildman–Crippen LogP) is 0.216. The van der Waals surface area contributed by atoms with E-state index in [-0.39, 0.29) is 34.1 Å². The second-order valence-corrected chi connectivity index (χ2v) is 8.88. The molecule has 2 aromatic carbocycles. The third kappa shape index (κ3) is 6.09. The molecule has 0 radical (unpaired) electrons. The zero-order valence-corrected chi connectivity index (χ0v) is 20.1. The summed E-state index contributed by atoms with van der Waals surface area (Å²) in [6, 6.07) is 6.00. The summed E-state index contributed by atoms with van der Waals surface area (Å²) in [5.41, 5.74) is 0.316. The Labute approximate surface area is 220 Å².